The van der Waals surface area contributed by atoms with E-state index in [9.17, 15) is 10.2 Å². The molecule has 1 aromatic carbocycles. The molecule has 1 heterocycles. The molecule has 2 aromatic rings. The minimum atomic E-state index is -0.342. The highest BCUT2D eigenvalue weighted by molar-refractivity contribution is 7.11. The summed E-state index contributed by atoms with van der Waals surface area (Å²) in [5.41, 5.74) is 3.70. The second-order valence-electron chi connectivity index (χ2n) is 8.81. The molecule has 2 aliphatic rings. The molecule has 1 saturated carbocycles. The Hall–Kier alpha value is -0.650. The number of hydrogen-bond acceptors (Lipinski definition) is 4. The number of aliphatic hydroxyl groups excluding tert-OH is 2. The molecule has 3 nitrogen and oxygen atoms in total. The largest absolute Gasteiger partial charge is 0.391 e. The number of benzene rings is 1. The van der Waals surface area contributed by atoms with E-state index in [0.717, 1.165) is 60.4 Å². The van der Waals surface area contributed by atoms with Crippen LogP contribution in [0.1, 0.15) is 90.0 Å². The van der Waals surface area contributed by atoms with Gasteiger partial charge in [0.25, 0.3) is 0 Å². The van der Waals surface area contributed by atoms with Crippen molar-refractivity contribution < 1.29 is 10.2 Å². The summed E-state index contributed by atoms with van der Waals surface area (Å²) in [6.07, 6.45) is 8.22. The van der Waals surface area contributed by atoms with Crippen LogP contribution < -0.4 is 0 Å². The van der Waals surface area contributed by atoms with Gasteiger partial charge in [-0.15, -0.1) is 34.5 Å². The maximum Gasteiger partial charge on any atom is 0.0928 e. The van der Waals surface area contributed by atoms with Crippen molar-refractivity contribution in [1.29, 1.82) is 0 Å². The average Bonchev–Trinajstić information content (AvgIpc) is 3.32. The molecule has 30 heavy (non-hydrogen) atoms. The number of alkyl halides is 2. The molecule has 1 fully saturated rings. The Morgan fingerprint density at radius 3 is 2.73 bits per heavy atom. The Balaban J connectivity index is 1.51. The number of aliphatic hydroxyl groups is 2. The van der Waals surface area contributed by atoms with E-state index in [4.69, 9.17) is 23.2 Å². The zero-order valence-corrected chi connectivity index (χ0v) is 19.8. The molecule has 6 atom stereocenters. The van der Waals surface area contributed by atoms with Crippen LogP contribution in [0.25, 0.3) is 0 Å². The lowest BCUT2D eigenvalue weighted by atomic mass is 9.76. The summed E-state index contributed by atoms with van der Waals surface area (Å²) >= 11 is 15.2. The Kier molecular flexibility index (Phi) is 7.42. The van der Waals surface area contributed by atoms with E-state index in [2.05, 4.69) is 30.1 Å². The molecule has 0 aliphatic heterocycles. The van der Waals surface area contributed by atoms with Gasteiger partial charge in [-0.1, -0.05) is 25.1 Å². The maximum atomic E-state index is 10.5. The van der Waals surface area contributed by atoms with Crippen molar-refractivity contribution in [2.45, 2.75) is 87.2 Å². The average molecular weight is 468 g/mol. The van der Waals surface area contributed by atoms with Gasteiger partial charge in [0.2, 0.25) is 0 Å². The third-order valence-electron chi connectivity index (χ3n) is 7.03. The van der Waals surface area contributed by atoms with Crippen LogP contribution in [-0.4, -0.2) is 26.0 Å². The molecule has 2 aliphatic carbocycles. The SMILES string of the molecule is CCC1CCC(O)c2ccc(C3C(Cl)CC(Cl)C3CCCc3ncc(CO)s3)cc21. The van der Waals surface area contributed by atoms with Gasteiger partial charge in [-0.2, -0.15) is 0 Å². The number of hydrogen-bond donors (Lipinski definition) is 2. The number of fused-ring (bicyclic) bond motifs is 1. The van der Waals surface area contributed by atoms with Crippen LogP contribution in [0.15, 0.2) is 24.4 Å². The third kappa shape index (κ3) is 4.59. The molecule has 164 valence electrons. The second-order valence-corrected chi connectivity index (χ2v) is 11.1. The van der Waals surface area contributed by atoms with E-state index >= 15 is 0 Å². The maximum absolute atomic E-state index is 10.5. The van der Waals surface area contributed by atoms with Gasteiger partial charge in [-0.05, 0) is 73.5 Å². The van der Waals surface area contributed by atoms with E-state index in [1.807, 2.05) is 0 Å². The van der Waals surface area contributed by atoms with Crippen LogP contribution >= 0.6 is 34.5 Å². The topological polar surface area (TPSA) is 53.4 Å². The van der Waals surface area contributed by atoms with Gasteiger partial charge in [0, 0.05) is 22.9 Å². The number of aryl methyl sites for hydroxylation is 1. The van der Waals surface area contributed by atoms with E-state index in [0.29, 0.717) is 11.8 Å². The fourth-order valence-electron chi connectivity index (χ4n) is 5.42. The number of halogens is 2. The van der Waals surface area contributed by atoms with Crippen LogP contribution in [0.5, 0.6) is 0 Å². The Morgan fingerprint density at radius 1 is 1.17 bits per heavy atom. The number of aromatic nitrogens is 1. The van der Waals surface area contributed by atoms with E-state index < -0.39 is 0 Å². The lowest BCUT2D eigenvalue weighted by Gasteiger charge is -2.31. The predicted octanol–water partition coefficient (Wildman–Crippen LogP) is 6.30. The van der Waals surface area contributed by atoms with Crippen LogP contribution in [0.4, 0.5) is 0 Å². The quantitative estimate of drug-likeness (QED) is 0.469. The Morgan fingerprint density at radius 2 is 2.00 bits per heavy atom. The monoisotopic (exact) mass is 467 g/mol. The van der Waals surface area contributed by atoms with Crippen LogP contribution in [-0.2, 0) is 13.0 Å². The molecule has 0 spiro atoms. The third-order valence-corrected chi connectivity index (χ3v) is 9.02. The molecule has 6 heteroatoms. The van der Waals surface area contributed by atoms with Crippen molar-refractivity contribution >= 4 is 34.5 Å². The summed E-state index contributed by atoms with van der Waals surface area (Å²) in [5.74, 6) is 1.12. The summed E-state index contributed by atoms with van der Waals surface area (Å²) in [7, 11) is 0. The first kappa shape index (κ1) is 22.5. The second kappa shape index (κ2) is 9.87. The van der Waals surface area contributed by atoms with E-state index in [1.165, 1.54) is 11.1 Å². The minimum Gasteiger partial charge on any atom is -0.391 e. The predicted molar refractivity (Wildman–Crippen MR) is 125 cm³/mol. The number of rotatable bonds is 7. The molecule has 4 rings (SSSR count). The summed E-state index contributed by atoms with van der Waals surface area (Å²) in [5, 5.41) is 20.9. The molecular weight excluding hydrogens is 437 g/mol. The Labute approximate surface area is 193 Å². The molecule has 0 bridgehead atoms. The van der Waals surface area contributed by atoms with Gasteiger partial charge in [0.15, 0.2) is 0 Å². The zero-order valence-electron chi connectivity index (χ0n) is 17.4. The van der Waals surface area contributed by atoms with E-state index in [-0.39, 0.29) is 29.4 Å². The van der Waals surface area contributed by atoms with Gasteiger partial charge in [0.05, 0.1) is 22.6 Å². The Bertz CT molecular complexity index is 857. The van der Waals surface area contributed by atoms with Crippen molar-refractivity contribution in [3.05, 3.63) is 51.0 Å². The zero-order chi connectivity index (χ0) is 21.3. The van der Waals surface area contributed by atoms with Crippen molar-refractivity contribution in [3.8, 4) is 0 Å². The van der Waals surface area contributed by atoms with Gasteiger partial charge in [-0.3, -0.25) is 0 Å². The first-order valence-electron chi connectivity index (χ1n) is 11.2. The summed E-state index contributed by atoms with van der Waals surface area (Å²) in [6, 6.07) is 6.63. The standard InChI is InChI=1S/C24H31Cl2NO2S/c1-2-14-7-9-22(29)17-8-6-15(10-19(14)17)24-18(20(25)11-21(24)26)4-3-5-23-27-12-16(13-28)30-23/h6,8,10,12,14,18,20-22,24,28-29H,2-5,7,9,11,13H2,1H3. The van der Waals surface area contributed by atoms with Crippen LogP contribution in [0.2, 0.25) is 0 Å². The fourth-order valence-corrected chi connectivity index (χ4v) is 7.34. The molecule has 0 radical (unpaired) electrons. The number of thiazole rings is 1. The van der Waals surface area contributed by atoms with Crippen LogP contribution in [0.3, 0.4) is 0 Å². The molecule has 0 amide bonds. The first-order valence-corrected chi connectivity index (χ1v) is 12.8. The summed E-state index contributed by atoms with van der Waals surface area (Å²) < 4.78 is 0. The molecule has 0 saturated heterocycles. The molecule has 1 aromatic heterocycles. The van der Waals surface area contributed by atoms with E-state index in [1.54, 1.807) is 17.5 Å². The van der Waals surface area contributed by atoms with Crippen molar-refractivity contribution in [1.82, 2.24) is 4.98 Å². The van der Waals surface area contributed by atoms with Crippen molar-refractivity contribution in [3.63, 3.8) is 0 Å². The molecular formula is C24H31Cl2NO2S. The molecule has 2 N–H and O–H groups in total. The van der Waals surface area contributed by atoms with Gasteiger partial charge in [0.1, 0.15) is 0 Å². The highest BCUT2D eigenvalue weighted by Crippen LogP contribution is 2.49. The van der Waals surface area contributed by atoms with Crippen LogP contribution in [0, 0.1) is 5.92 Å². The minimum absolute atomic E-state index is 0.0463. The summed E-state index contributed by atoms with van der Waals surface area (Å²) in [4.78, 5) is 5.33. The highest BCUT2D eigenvalue weighted by atomic mass is 35.5. The van der Waals surface area contributed by atoms with Gasteiger partial charge >= 0.3 is 0 Å². The van der Waals surface area contributed by atoms with Crippen molar-refractivity contribution in [2.24, 2.45) is 5.92 Å². The van der Waals surface area contributed by atoms with Gasteiger partial charge in [-0.25, -0.2) is 4.98 Å². The summed E-state index contributed by atoms with van der Waals surface area (Å²) in [6.45, 7) is 2.29. The van der Waals surface area contributed by atoms with Crippen molar-refractivity contribution in [2.75, 3.05) is 0 Å². The smallest absolute Gasteiger partial charge is 0.0928 e. The fraction of sp³-hybridized carbons (Fsp3) is 0.625. The lowest BCUT2D eigenvalue weighted by Crippen LogP contribution is -2.19. The lowest BCUT2D eigenvalue weighted by molar-refractivity contribution is 0.150. The normalized spacial score (nSPS) is 31.1. The number of nitrogens with zero attached hydrogens (tertiary/aromatic N) is 1. The first-order chi connectivity index (χ1) is 14.5. The van der Waals surface area contributed by atoms with Gasteiger partial charge < -0.3 is 10.2 Å². The molecule has 6 unspecified atom stereocenters. The highest BCUT2D eigenvalue weighted by Gasteiger charge is 2.42.